The van der Waals surface area contributed by atoms with E-state index in [9.17, 15) is 4.79 Å². The number of carbonyl (C=O) groups is 1. The number of carbonyl (C=O) groups excluding carboxylic acids is 1. The summed E-state index contributed by atoms with van der Waals surface area (Å²) in [6, 6.07) is 14.1. The summed E-state index contributed by atoms with van der Waals surface area (Å²) in [5.41, 5.74) is 4.32. The minimum atomic E-state index is 0.0698. The van der Waals surface area contributed by atoms with E-state index in [4.69, 9.17) is 11.6 Å². The van der Waals surface area contributed by atoms with E-state index in [2.05, 4.69) is 22.3 Å². The Labute approximate surface area is 148 Å². The lowest BCUT2D eigenvalue weighted by Crippen LogP contribution is -2.38. The van der Waals surface area contributed by atoms with Crippen molar-refractivity contribution in [2.24, 2.45) is 5.92 Å². The van der Waals surface area contributed by atoms with Crippen LogP contribution in [-0.2, 0) is 4.79 Å². The predicted octanol–water partition coefficient (Wildman–Crippen LogP) is 4.81. The van der Waals surface area contributed by atoms with Crippen LogP contribution in [0.2, 0.25) is 5.02 Å². The molecule has 1 fully saturated rings. The van der Waals surface area contributed by atoms with Gasteiger partial charge in [-0.3, -0.25) is 4.79 Å². The third kappa shape index (κ3) is 3.90. The van der Waals surface area contributed by atoms with Gasteiger partial charge in [0.2, 0.25) is 5.91 Å². The molecule has 1 heterocycles. The molecule has 0 spiro atoms. The molecule has 0 radical (unpaired) electrons. The summed E-state index contributed by atoms with van der Waals surface area (Å²) in [6.07, 6.45) is 1.73. The number of nitrogens with zero attached hydrogens (tertiary/aromatic N) is 1. The van der Waals surface area contributed by atoms with Crippen LogP contribution in [0.15, 0.2) is 42.5 Å². The van der Waals surface area contributed by atoms with Crippen LogP contribution < -0.4 is 10.2 Å². The van der Waals surface area contributed by atoms with Crippen molar-refractivity contribution >= 4 is 28.9 Å². The molecule has 3 nitrogen and oxygen atoms in total. The Morgan fingerprint density at radius 1 is 1.12 bits per heavy atom. The van der Waals surface area contributed by atoms with E-state index in [0.29, 0.717) is 0 Å². The van der Waals surface area contributed by atoms with Gasteiger partial charge in [-0.25, -0.2) is 0 Å². The van der Waals surface area contributed by atoms with Crippen LogP contribution in [0.1, 0.15) is 24.0 Å². The molecule has 1 aliphatic heterocycles. The van der Waals surface area contributed by atoms with Crippen molar-refractivity contribution in [1.29, 1.82) is 0 Å². The number of nitrogens with one attached hydrogen (secondary N) is 1. The molecule has 1 saturated heterocycles. The number of rotatable bonds is 3. The second-order valence-electron chi connectivity index (χ2n) is 6.55. The maximum Gasteiger partial charge on any atom is 0.227 e. The molecule has 0 saturated carbocycles. The highest BCUT2D eigenvalue weighted by Crippen LogP contribution is 2.26. The van der Waals surface area contributed by atoms with Gasteiger partial charge < -0.3 is 10.2 Å². The Hall–Kier alpha value is -2.00. The lowest BCUT2D eigenvalue weighted by Gasteiger charge is -2.33. The summed E-state index contributed by atoms with van der Waals surface area (Å²) < 4.78 is 0. The van der Waals surface area contributed by atoms with Crippen LogP contribution >= 0.6 is 11.6 Å². The van der Waals surface area contributed by atoms with E-state index in [1.54, 1.807) is 0 Å². The summed E-state index contributed by atoms with van der Waals surface area (Å²) in [4.78, 5) is 14.9. The van der Waals surface area contributed by atoms with Crippen molar-refractivity contribution in [2.75, 3.05) is 23.3 Å². The Balaban J connectivity index is 1.60. The van der Waals surface area contributed by atoms with E-state index < -0.39 is 0 Å². The number of anilines is 2. The van der Waals surface area contributed by atoms with Gasteiger partial charge in [0, 0.05) is 35.4 Å². The second kappa shape index (κ2) is 7.27. The molecule has 0 aliphatic carbocycles. The fourth-order valence-corrected chi connectivity index (χ4v) is 3.36. The summed E-state index contributed by atoms with van der Waals surface area (Å²) in [7, 11) is 0. The molecule has 126 valence electrons. The largest absolute Gasteiger partial charge is 0.371 e. The Morgan fingerprint density at radius 3 is 2.58 bits per heavy atom. The highest BCUT2D eigenvalue weighted by molar-refractivity contribution is 6.30. The molecular weight excluding hydrogens is 320 g/mol. The molecule has 3 rings (SSSR count). The number of hydrogen-bond acceptors (Lipinski definition) is 2. The first kappa shape index (κ1) is 16.8. The van der Waals surface area contributed by atoms with Gasteiger partial charge in [0.15, 0.2) is 0 Å². The van der Waals surface area contributed by atoms with Gasteiger partial charge in [-0.15, -0.1) is 0 Å². The average Bonchev–Trinajstić information content (AvgIpc) is 2.58. The normalized spacial score (nSPS) is 15.4. The zero-order chi connectivity index (χ0) is 17.1. The van der Waals surface area contributed by atoms with Crippen LogP contribution in [0.25, 0.3) is 0 Å². The predicted molar refractivity (Wildman–Crippen MR) is 101 cm³/mol. The van der Waals surface area contributed by atoms with E-state index in [1.165, 1.54) is 0 Å². The monoisotopic (exact) mass is 342 g/mol. The van der Waals surface area contributed by atoms with Gasteiger partial charge in [-0.05, 0) is 62.1 Å². The van der Waals surface area contributed by atoms with Crippen LogP contribution in [0.4, 0.5) is 11.4 Å². The average molecular weight is 343 g/mol. The van der Waals surface area contributed by atoms with Gasteiger partial charge in [-0.1, -0.05) is 29.8 Å². The van der Waals surface area contributed by atoms with Crippen molar-refractivity contribution in [2.45, 2.75) is 26.7 Å². The Morgan fingerprint density at radius 2 is 1.88 bits per heavy atom. The lowest BCUT2D eigenvalue weighted by atomic mass is 9.95. The smallest absolute Gasteiger partial charge is 0.227 e. The Kier molecular flexibility index (Phi) is 5.10. The van der Waals surface area contributed by atoms with Crippen molar-refractivity contribution < 1.29 is 4.79 Å². The molecule has 1 aliphatic rings. The van der Waals surface area contributed by atoms with Crippen molar-refractivity contribution in [3.05, 3.63) is 58.6 Å². The SMILES string of the molecule is Cc1ccc(C)c(NC(=O)C2CCN(c3cccc(Cl)c3)CC2)c1. The third-order valence-electron chi connectivity index (χ3n) is 4.69. The first-order chi connectivity index (χ1) is 11.5. The lowest BCUT2D eigenvalue weighted by molar-refractivity contribution is -0.120. The maximum atomic E-state index is 12.6. The highest BCUT2D eigenvalue weighted by atomic mass is 35.5. The molecule has 0 unspecified atom stereocenters. The quantitative estimate of drug-likeness (QED) is 0.868. The molecule has 4 heteroatoms. The topological polar surface area (TPSA) is 32.3 Å². The van der Waals surface area contributed by atoms with Gasteiger partial charge in [0.1, 0.15) is 0 Å². The first-order valence-corrected chi connectivity index (χ1v) is 8.79. The fraction of sp³-hybridized carbons (Fsp3) is 0.350. The number of piperidine rings is 1. The second-order valence-corrected chi connectivity index (χ2v) is 6.99. The molecule has 2 aromatic rings. The fourth-order valence-electron chi connectivity index (χ4n) is 3.18. The van der Waals surface area contributed by atoms with Crippen molar-refractivity contribution in [3.8, 4) is 0 Å². The number of amides is 1. The number of aryl methyl sites for hydroxylation is 2. The van der Waals surface area contributed by atoms with Gasteiger partial charge >= 0.3 is 0 Å². The van der Waals surface area contributed by atoms with Crippen LogP contribution in [0, 0.1) is 19.8 Å². The molecule has 0 bridgehead atoms. The summed E-state index contributed by atoms with van der Waals surface area (Å²) in [5, 5.41) is 3.86. The van der Waals surface area contributed by atoms with Crippen LogP contribution in [0.3, 0.4) is 0 Å². The molecule has 24 heavy (non-hydrogen) atoms. The van der Waals surface area contributed by atoms with Crippen LogP contribution in [0.5, 0.6) is 0 Å². The molecular formula is C20H23ClN2O. The Bertz CT molecular complexity index is 736. The van der Waals surface area contributed by atoms with Crippen LogP contribution in [-0.4, -0.2) is 19.0 Å². The minimum Gasteiger partial charge on any atom is -0.371 e. The summed E-state index contributed by atoms with van der Waals surface area (Å²) in [5.74, 6) is 0.204. The standard InChI is InChI=1S/C20H23ClN2O/c1-14-6-7-15(2)19(12-14)22-20(24)16-8-10-23(11-9-16)18-5-3-4-17(21)13-18/h3-7,12-13,16H,8-11H2,1-2H3,(H,22,24). The molecule has 0 aromatic heterocycles. The van der Waals surface area contributed by atoms with Gasteiger partial charge in [0.25, 0.3) is 0 Å². The maximum absolute atomic E-state index is 12.6. The molecule has 1 N–H and O–H groups in total. The number of hydrogen-bond donors (Lipinski definition) is 1. The van der Waals surface area contributed by atoms with E-state index >= 15 is 0 Å². The van der Waals surface area contributed by atoms with Gasteiger partial charge in [-0.2, -0.15) is 0 Å². The zero-order valence-corrected chi connectivity index (χ0v) is 14.9. The zero-order valence-electron chi connectivity index (χ0n) is 14.2. The van der Waals surface area contributed by atoms with Gasteiger partial charge in [0.05, 0.1) is 0 Å². The number of benzene rings is 2. The molecule has 0 atom stereocenters. The van der Waals surface area contributed by atoms with E-state index in [0.717, 1.165) is 53.5 Å². The minimum absolute atomic E-state index is 0.0698. The summed E-state index contributed by atoms with van der Waals surface area (Å²) in [6.45, 7) is 5.83. The van der Waals surface area contributed by atoms with Crippen molar-refractivity contribution in [1.82, 2.24) is 0 Å². The summed E-state index contributed by atoms with van der Waals surface area (Å²) >= 11 is 6.07. The van der Waals surface area contributed by atoms with E-state index in [-0.39, 0.29) is 11.8 Å². The molecule has 1 amide bonds. The van der Waals surface area contributed by atoms with E-state index in [1.807, 2.05) is 44.2 Å². The first-order valence-electron chi connectivity index (χ1n) is 8.41. The molecule has 2 aromatic carbocycles. The van der Waals surface area contributed by atoms with Crippen molar-refractivity contribution in [3.63, 3.8) is 0 Å². The third-order valence-corrected chi connectivity index (χ3v) is 4.93. The number of halogens is 1. The highest BCUT2D eigenvalue weighted by Gasteiger charge is 2.25.